The summed E-state index contributed by atoms with van der Waals surface area (Å²) in [5.74, 6) is -1.21. The average molecular weight is 523 g/mol. The molecule has 5 aromatic carbocycles. The molecular weight excluding hydrogens is 496 g/mol. The second kappa shape index (κ2) is 9.65. The van der Waals surface area contributed by atoms with E-state index < -0.39 is 29.6 Å². The molecule has 0 amide bonds. The minimum Gasteiger partial charge on any atom is -0.454 e. The predicted molar refractivity (Wildman–Crippen MR) is 152 cm³/mol. The molecule has 0 fully saturated rings. The molecule has 2 bridgehead atoms. The first-order chi connectivity index (χ1) is 19.7. The van der Waals surface area contributed by atoms with Gasteiger partial charge >= 0.3 is 11.9 Å². The van der Waals surface area contributed by atoms with Gasteiger partial charge in [0.15, 0.2) is 12.2 Å². The lowest BCUT2D eigenvalue weighted by Crippen LogP contribution is -2.61. The van der Waals surface area contributed by atoms with Gasteiger partial charge in [-0.25, -0.2) is 9.59 Å². The van der Waals surface area contributed by atoms with Gasteiger partial charge in [0.25, 0.3) is 0 Å². The molecule has 0 heterocycles. The second-order valence-corrected chi connectivity index (χ2v) is 10.3. The van der Waals surface area contributed by atoms with Gasteiger partial charge in [-0.1, -0.05) is 115 Å². The fraction of sp³-hybridized carbons (Fsp3) is 0.111. The molecule has 40 heavy (non-hydrogen) atoms. The van der Waals surface area contributed by atoms with Crippen molar-refractivity contribution in [2.45, 2.75) is 23.5 Å². The molecule has 4 nitrogen and oxygen atoms in total. The fourth-order valence-electron chi connectivity index (χ4n) is 6.63. The van der Waals surface area contributed by atoms with Crippen LogP contribution in [0.5, 0.6) is 0 Å². The highest BCUT2D eigenvalue weighted by Crippen LogP contribution is 2.60. The molecule has 8 rings (SSSR count). The molecule has 0 aliphatic heterocycles. The van der Waals surface area contributed by atoms with E-state index in [0.29, 0.717) is 11.1 Å². The van der Waals surface area contributed by atoms with Crippen LogP contribution in [-0.2, 0) is 14.9 Å². The van der Waals surface area contributed by atoms with Crippen LogP contribution in [0.25, 0.3) is 0 Å². The standard InChI is InChI=1S/C36H26O4/c37-34(24-14-4-1-5-15-24)39-32-31-27-20-10-12-22-29(27)36(26-18-8-3-9-19-26,30-23-13-11-21-28(30)31)33(32)40-35(38)25-16-6-2-7-17-25/h1-23,31-33H/t31-,32?,33?,36+. The highest BCUT2D eigenvalue weighted by atomic mass is 16.6. The highest BCUT2D eigenvalue weighted by molar-refractivity contribution is 5.91. The number of carbonyl (C=O) groups excluding carboxylic acids is 2. The van der Waals surface area contributed by atoms with Gasteiger partial charge in [-0.15, -0.1) is 0 Å². The average Bonchev–Trinajstić information content (AvgIpc) is 3.03. The van der Waals surface area contributed by atoms with Gasteiger partial charge in [-0.2, -0.15) is 0 Å². The molecule has 0 aromatic heterocycles. The lowest BCUT2D eigenvalue weighted by Gasteiger charge is -2.56. The summed E-state index contributed by atoms with van der Waals surface area (Å²) in [6, 6.07) is 44.6. The Morgan fingerprint density at radius 2 is 0.925 bits per heavy atom. The van der Waals surface area contributed by atoms with E-state index >= 15 is 0 Å². The van der Waals surface area contributed by atoms with Crippen molar-refractivity contribution in [3.8, 4) is 0 Å². The minimum absolute atomic E-state index is 0.306. The Morgan fingerprint density at radius 3 is 1.45 bits per heavy atom. The van der Waals surface area contributed by atoms with Gasteiger partial charge < -0.3 is 9.47 Å². The predicted octanol–water partition coefficient (Wildman–Crippen LogP) is 6.93. The van der Waals surface area contributed by atoms with E-state index in [1.807, 2.05) is 78.9 Å². The summed E-state index contributed by atoms with van der Waals surface area (Å²) in [5, 5.41) is 0. The zero-order chi connectivity index (χ0) is 27.1. The van der Waals surface area contributed by atoms with E-state index in [2.05, 4.69) is 36.4 Å². The minimum atomic E-state index is -0.894. The van der Waals surface area contributed by atoms with Crippen molar-refractivity contribution in [1.82, 2.24) is 0 Å². The first-order valence-corrected chi connectivity index (χ1v) is 13.5. The third-order valence-corrected chi connectivity index (χ3v) is 8.22. The Morgan fingerprint density at radius 1 is 0.500 bits per heavy atom. The third-order valence-electron chi connectivity index (χ3n) is 8.22. The van der Waals surface area contributed by atoms with Gasteiger partial charge in [0, 0.05) is 0 Å². The quantitative estimate of drug-likeness (QED) is 0.235. The number of rotatable bonds is 5. The van der Waals surface area contributed by atoms with Crippen LogP contribution in [0.2, 0.25) is 0 Å². The summed E-state index contributed by atoms with van der Waals surface area (Å²) < 4.78 is 12.9. The number of esters is 2. The molecule has 194 valence electrons. The van der Waals surface area contributed by atoms with E-state index in [-0.39, 0.29) is 5.92 Å². The number of hydrogen-bond acceptors (Lipinski definition) is 4. The van der Waals surface area contributed by atoms with E-state index in [1.54, 1.807) is 24.3 Å². The number of ether oxygens (including phenoxy) is 2. The lowest BCUT2D eigenvalue weighted by molar-refractivity contribution is -0.0692. The first kappa shape index (κ1) is 24.1. The zero-order valence-corrected chi connectivity index (χ0v) is 21.6. The molecular formula is C36H26O4. The molecule has 0 saturated heterocycles. The van der Waals surface area contributed by atoms with Crippen molar-refractivity contribution in [1.29, 1.82) is 0 Å². The highest BCUT2D eigenvalue weighted by Gasteiger charge is 2.63. The van der Waals surface area contributed by atoms with E-state index in [0.717, 1.165) is 27.8 Å². The Balaban J connectivity index is 1.48. The van der Waals surface area contributed by atoms with Gasteiger partial charge in [0.1, 0.15) is 0 Å². The van der Waals surface area contributed by atoms with Gasteiger partial charge in [-0.05, 0) is 52.1 Å². The molecule has 2 atom stereocenters. The van der Waals surface area contributed by atoms with Gasteiger partial charge in [0.05, 0.1) is 22.5 Å². The molecule has 0 spiro atoms. The van der Waals surface area contributed by atoms with Crippen LogP contribution in [0.3, 0.4) is 0 Å². The summed E-state index contributed by atoms with van der Waals surface area (Å²) in [5.41, 5.74) is 5.24. The monoisotopic (exact) mass is 522 g/mol. The number of carbonyl (C=O) groups is 2. The Hall–Kier alpha value is -4.96. The molecule has 4 heteroatoms. The second-order valence-electron chi connectivity index (χ2n) is 10.3. The van der Waals surface area contributed by atoms with Crippen LogP contribution in [0.15, 0.2) is 140 Å². The van der Waals surface area contributed by atoms with Gasteiger partial charge in [-0.3, -0.25) is 0 Å². The van der Waals surface area contributed by atoms with Crippen LogP contribution >= 0.6 is 0 Å². The summed E-state index contributed by atoms with van der Waals surface area (Å²) in [4.78, 5) is 27.3. The Labute approximate surface area is 232 Å². The van der Waals surface area contributed by atoms with Crippen LogP contribution < -0.4 is 0 Å². The summed E-state index contributed by atoms with van der Waals surface area (Å²) >= 11 is 0. The van der Waals surface area contributed by atoms with Crippen LogP contribution in [0.1, 0.15) is 54.5 Å². The Bertz CT molecular complexity index is 1650. The molecule has 0 radical (unpaired) electrons. The van der Waals surface area contributed by atoms with E-state index in [9.17, 15) is 9.59 Å². The van der Waals surface area contributed by atoms with Crippen molar-refractivity contribution in [2.75, 3.05) is 0 Å². The lowest BCUT2D eigenvalue weighted by atomic mass is 9.50. The van der Waals surface area contributed by atoms with Crippen LogP contribution in [0.4, 0.5) is 0 Å². The van der Waals surface area contributed by atoms with Gasteiger partial charge in [0.2, 0.25) is 0 Å². The molecule has 5 aromatic rings. The molecule has 3 aliphatic rings. The molecule has 0 saturated carbocycles. The van der Waals surface area contributed by atoms with Crippen molar-refractivity contribution < 1.29 is 19.1 Å². The number of benzene rings is 5. The topological polar surface area (TPSA) is 52.6 Å². The van der Waals surface area contributed by atoms with Crippen molar-refractivity contribution in [3.63, 3.8) is 0 Å². The molecule has 2 unspecified atom stereocenters. The van der Waals surface area contributed by atoms with Crippen LogP contribution in [0, 0.1) is 0 Å². The molecule has 3 aliphatic carbocycles. The first-order valence-electron chi connectivity index (χ1n) is 13.5. The molecule has 0 N–H and O–H groups in total. The SMILES string of the molecule is O=C(OC1C(OC(=O)c2ccccc2)[C@]2(c3ccccc3)c3ccccc3[C@H]1c1ccccc12)c1ccccc1. The number of fused-ring (bicyclic) bond motifs is 1. The maximum absolute atomic E-state index is 13.7. The van der Waals surface area contributed by atoms with Crippen molar-refractivity contribution >= 4 is 11.9 Å². The summed E-state index contributed by atoms with van der Waals surface area (Å²) in [6.07, 6.45) is -1.57. The van der Waals surface area contributed by atoms with E-state index in [1.165, 1.54) is 0 Å². The largest absolute Gasteiger partial charge is 0.454 e. The van der Waals surface area contributed by atoms with E-state index in [4.69, 9.17) is 9.47 Å². The number of hydrogen-bond donors (Lipinski definition) is 0. The normalized spacial score (nSPS) is 22.1. The Kier molecular flexibility index (Phi) is 5.82. The smallest absolute Gasteiger partial charge is 0.338 e. The summed E-state index contributed by atoms with van der Waals surface area (Å²) in [6.45, 7) is 0. The van der Waals surface area contributed by atoms with Crippen molar-refractivity contribution in [2.24, 2.45) is 0 Å². The maximum Gasteiger partial charge on any atom is 0.338 e. The van der Waals surface area contributed by atoms with Crippen LogP contribution in [-0.4, -0.2) is 24.1 Å². The summed E-state index contributed by atoms with van der Waals surface area (Å²) in [7, 11) is 0. The zero-order valence-electron chi connectivity index (χ0n) is 21.6. The maximum atomic E-state index is 13.7. The third kappa shape index (κ3) is 3.60. The fourth-order valence-corrected chi connectivity index (χ4v) is 6.63. The van der Waals surface area contributed by atoms with Crippen molar-refractivity contribution in [3.05, 3.63) is 178 Å².